The second kappa shape index (κ2) is 8.20. The molecule has 0 spiro atoms. The summed E-state index contributed by atoms with van der Waals surface area (Å²) in [6, 6.07) is 0. The van der Waals surface area contributed by atoms with Crippen LogP contribution in [0.25, 0.3) is 0 Å². The first-order valence-electron chi connectivity index (χ1n) is 5.76. The van der Waals surface area contributed by atoms with Crippen LogP contribution in [0.4, 0.5) is 70.2 Å². The molecule has 0 amide bonds. The van der Waals surface area contributed by atoms with Crippen LogP contribution in [0.2, 0.25) is 0 Å². The molecule has 0 aromatic heterocycles. The van der Waals surface area contributed by atoms with Crippen molar-refractivity contribution < 1.29 is 118 Å². The van der Waals surface area contributed by atoms with Crippen LogP contribution in [0.5, 0.6) is 0 Å². The maximum absolute atomic E-state index is 13.2. The molecule has 184 valence electrons. The Hall–Kier alpha value is -0.260. The summed E-state index contributed by atoms with van der Waals surface area (Å²) in [5, 5.41) is -15.8. The van der Waals surface area contributed by atoms with Crippen LogP contribution >= 0.6 is 0 Å². The third kappa shape index (κ3) is 4.84. The van der Waals surface area contributed by atoms with Crippen LogP contribution in [0.1, 0.15) is 1.43 Å². The molecule has 0 atom stereocenters. The van der Waals surface area contributed by atoms with Gasteiger partial charge in [0, 0.05) is 0 Å². The van der Waals surface area contributed by atoms with Gasteiger partial charge in [-0.3, -0.25) is 0 Å². The van der Waals surface area contributed by atoms with E-state index in [1.165, 1.54) is 0 Å². The van der Waals surface area contributed by atoms with Crippen molar-refractivity contribution in [1.29, 1.82) is 0 Å². The van der Waals surface area contributed by atoms with Gasteiger partial charge in [-0.15, -0.1) is 0 Å². The predicted octanol–water partition coefficient (Wildman–Crippen LogP) is 0.568. The maximum atomic E-state index is 13.2. The first-order valence-corrected chi connectivity index (χ1v) is 8.72. The van der Waals surface area contributed by atoms with Crippen molar-refractivity contribution in [1.82, 2.24) is 4.13 Å². The first kappa shape index (κ1) is 32.9. The molecule has 0 unspecified atom stereocenters. The van der Waals surface area contributed by atoms with E-state index in [-0.39, 0.29) is 31.0 Å². The minimum Gasteiger partial charge on any atom is -1.00 e. The van der Waals surface area contributed by atoms with Crippen LogP contribution in [0, 0.1) is 0 Å². The summed E-state index contributed by atoms with van der Waals surface area (Å²) in [6.45, 7) is 0. The van der Waals surface area contributed by atoms with E-state index < -0.39 is 64.8 Å². The van der Waals surface area contributed by atoms with Crippen molar-refractivity contribution in [2.75, 3.05) is 0 Å². The SMILES string of the molecule is O=S(=O)(NS(=O)(=O)C(F)(F)C(F)(F)C(F)(F)C(F)(F)F)C(F)(F)C(F)(F)C(F)(F)F.[H-].[Na+]. The zero-order chi connectivity index (χ0) is 25.2. The van der Waals surface area contributed by atoms with Gasteiger partial charge in [0.05, 0.1) is 0 Å². The zero-order valence-electron chi connectivity index (χ0n) is 14.5. The molecule has 0 aromatic carbocycles. The molecule has 0 heterocycles. The van der Waals surface area contributed by atoms with E-state index in [0.717, 1.165) is 0 Å². The zero-order valence-corrected chi connectivity index (χ0v) is 17.1. The van der Waals surface area contributed by atoms with Gasteiger partial charge in [0.2, 0.25) is 0 Å². The minimum absolute atomic E-state index is 0. The molecule has 0 aliphatic carbocycles. The molecular formula is C7H2F16NNaO4S2. The second-order valence-corrected chi connectivity index (χ2v) is 8.55. The van der Waals surface area contributed by atoms with Crippen LogP contribution < -0.4 is 33.7 Å². The average Bonchev–Trinajstić information content (AvgIpc) is 2.42. The Bertz CT molecular complexity index is 879. The standard InChI is InChI=1S/C7HF16NO4S2.Na.H/c8-1(9,4(14,15)16)2(10,11)6(20,21)29(25,26)24-30(27,28)7(22,23)3(12,13)5(17,18)19;;/h24H;;/q;+1;-1. The van der Waals surface area contributed by atoms with Crippen molar-refractivity contribution in [3.8, 4) is 0 Å². The molecule has 0 saturated heterocycles. The second-order valence-electron chi connectivity index (χ2n) is 4.84. The van der Waals surface area contributed by atoms with Gasteiger partial charge in [-0.1, -0.05) is 4.13 Å². The summed E-state index contributed by atoms with van der Waals surface area (Å²) < 4.78 is 241. The van der Waals surface area contributed by atoms with Crippen molar-refractivity contribution in [2.45, 2.75) is 40.6 Å². The fourth-order valence-electron chi connectivity index (χ4n) is 1.11. The maximum Gasteiger partial charge on any atom is 1.00 e. The molecule has 0 aliphatic heterocycles. The fraction of sp³-hybridized carbons (Fsp3) is 1.00. The minimum atomic E-state index is -8.49. The Labute approximate surface area is 183 Å². The molecule has 0 rings (SSSR count). The van der Waals surface area contributed by atoms with Gasteiger partial charge in [0.25, 0.3) is 20.0 Å². The summed E-state index contributed by atoms with van der Waals surface area (Å²) in [6.07, 6.45) is -15.2. The quantitative estimate of drug-likeness (QED) is 0.368. The Morgan fingerprint density at radius 1 is 0.452 bits per heavy atom. The van der Waals surface area contributed by atoms with Crippen molar-refractivity contribution >= 4 is 20.0 Å². The van der Waals surface area contributed by atoms with E-state index in [1.807, 2.05) is 0 Å². The summed E-state index contributed by atoms with van der Waals surface area (Å²) in [5.41, 5.74) is 0. The number of alkyl halides is 16. The van der Waals surface area contributed by atoms with Gasteiger partial charge in [0.15, 0.2) is 0 Å². The van der Waals surface area contributed by atoms with Crippen molar-refractivity contribution in [3.63, 3.8) is 0 Å². The summed E-state index contributed by atoms with van der Waals surface area (Å²) in [4.78, 5) is 0. The Kier molecular flexibility index (Phi) is 8.70. The van der Waals surface area contributed by atoms with E-state index in [2.05, 4.69) is 0 Å². The fourth-order valence-corrected chi connectivity index (χ4v) is 4.02. The van der Waals surface area contributed by atoms with E-state index in [0.29, 0.717) is 0 Å². The number of nitrogens with one attached hydrogen (secondary N) is 1. The number of hydrogen-bond acceptors (Lipinski definition) is 4. The largest absolute Gasteiger partial charge is 1.00 e. The summed E-state index contributed by atoms with van der Waals surface area (Å²) in [7, 11) is -16.9. The molecular weight excluding hydrogens is 553 g/mol. The first-order chi connectivity index (χ1) is 12.5. The summed E-state index contributed by atoms with van der Waals surface area (Å²) in [5.74, 6) is -24.0. The van der Waals surface area contributed by atoms with E-state index in [1.54, 1.807) is 0 Å². The smallest absolute Gasteiger partial charge is 1.00 e. The van der Waals surface area contributed by atoms with Crippen LogP contribution in [-0.4, -0.2) is 57.5 Å². The van der Waals surface area contributed by atoms with Gasteiger partial charge >= 0.3 is 70.2 Å². The predicted molar refractivity (Wildman–Crippen MR) is 58.9 cm³/mol. The molecule has 0 aromatic rings. The average molecular weight is 555 g/mol. The molecule has 1 N–H and O–H groups in total. The third-order valence-electron chi connectivity index (χ3n) is 2.73. The molecule has 0 fully saturated rings. The molecule has 0 bridgehead atoms. The van der Waals surface area contributed by atoms with E-state index >= 15 is 0 Å². The Morgan fingerprint density at radius 3 is 0.903 bits per heavy atom. The normalized spacial score (nSPS) is 16.1. The van der Waals surface area contributed by atoms with Gasteiger partial charge in [-0.05, 0) is 0 Å². The molecule has 31 heavy (non-hydrogen) atoms. The monoisotopic (exact) mass is 555 g/mol. The summed E-state index contributed by atoms with van der Waals surface area (Å²) >= 11 is 0. The van der Waals surface area contributed by atoms with Gasteiger partial charge in [0.1, 0.15) is 0 Å². The van der Waals surface area contributed by atoms with E-state index in [9.17, 15) is 87.1 Å². The van der Waals surface area contributed by atoms with Gasteiger partial charge in [-0.25, -0.2) is 16.8 Å². The third-order valence-corrected chi connectivity index (χ3v) is 6.35. The van der Waals surface area contributed by atoms with Gasteiger partial charge in [-0.2, -0.15) is 70.2 Å². The van der Waals surface area contributed by atoms with Crippen LogP contribution in [0.3, 0.4) is 0 Å². The van der Waals surface area contributed by atoms with Gasteiger partial charge < -0.3 is 1.43 Å². The number of rotatable bonds is 7. The molecule has 0 saturated carbocycles. The number of halogens is 16. The number of sulfonamides is 2. The molecule has 5 nitrogen and oxygen atoms in total. The van der Waals surface area contributed by atoms with Crippen molar-refractivity contribution in [3.05, 3.63) is 0 Å². The topological polar surface area (TPSA) is 80.3 Å². The number of hydrogen-bond donors (Lipinski definition) is 1. The molecule has 0 aliphatic rings. The Balaban J connectivity index is -0.00000420. The van der Waals surface area contributed by atoms with Crippen molar-refractivity contribution in [2.24, 2.45) is 0 Å². The van der Waals surface area contributed by atoms with Crippen LogP contribution in [0.15, 0.2) is 0 Å². The van der Waals surface area contributed by atoms with E-state index in [4.69, 9.17) is 0 Å². The molecule has 24 heteroatoms. The van der Waals surface area contributed by atoms with Crippen LogP contribution in [-0.2, 0) is 20.0 Å². The molecule has 0 radical (unpaired) electrons. The Morgan fingerprint density at radius 2 is 0.677 bits per heavy atom.